The molecule has 2 fully saturated rings. The van der Waals surface area contributed by atoms with Crippen LogP contribution in [0.25, 0.3) is 0 Å². The molecule has 0 aromatic heterocycles. The number of amides is 2. The van der Waals surface area contributed by atoms with Crippen LogP contribution < -0.4 is 4.90 Å². The Hall–Kier alpha value is -2.24. The summed E-state index contributed by atoms with van der Waals surface area (Å²) >= 11 is 6.02. The van der Waals surface area contributed by atoms with E-state index in [0.717, 1.165) is 44.3 Å². The van der Waals surface area contributed by atoms with Crippen molar-refractivity contribution in [2.45, 2.75) is 38.1 Å². The van der Waals surface area contributed by atoms with Gasteiger partial charge in [0.15, 0.2) is 0 Å². The van der Waals surface area contributed by atoms with Gasteiger partial charge in [0, 0.05) is 5.02 Å². The molecule has 2 aromatic rings. The fraction of sp³-hybridized carbons (Fsp3) is 0.391. The third kappa shape index (κ3) is 4.51. The van der Waals surface area contributed by atoms with Crippen LogP contribution in [0.1, 0.15) is 31.2 Å². The van der Waals surface area contributed by atoms with Gasteiger partial charge in [0.2, 0.25) is 5.91 Å². The van der Waals surface area contributed by atoms with Crippen molar-refractivity contribution < 1.29 is 14.0 Å². The molecule has 152 valence electrons. The number of piperidine rings is 1. The van der Waals surface area contributed by atoms with Crippen molar-refractivity contribution in [3.63, 3.8) is 0 Å². The first-order chi connectivity index (χ1) is 14.0. The second-order valence-electron chi connectivity index (χ2n) is 7.91. The Balaban J connectivity index is 1.32. The highest BCUT2D eigenvalue weighted by Gasteiger charge is 2.43. The molecule has 29 heavy (non-hydrogen) atoms. The van der Waals surface area contributed by atoms with Crippen LogP contribution in [0, 0.1) is 11.7 Å². The van der Waals surface area contributed by atoms with Crippen LogP contribution in [0.3, 0.4) is 0 Å². The Bertz CT molecular complexity index is 894. The summed E-state index contributed by atoms with van der Waals surface area (Å²) in [6.07, 6.45) is 4.25. The first kappa shape index (κ1) is 20.0. The largest absolute Gasteiger partial charge is 0.292 e. The first-order valence-electron chi connectivity index (χ1n) is 10.1. The van der Waals surface area contributed by atoms with Crippen LogP contribution >= 0.6 is 11.6 Å². The second-order valence-corrected chi connectivity index (χ2v) is 8.35. The summed E-state index contributed by atoms with van der Waals surface area (Å²) < 4.78 is 13.0. The average molecular weight is 415 g/mol. The molecule has 4 rings (SSSR count). The number of carbonyl (C=O) groups is 2. The summed E-state index contributed by atoms with van der Waals surface area (Å²) in [5.74, 6) is 0.0694. The van der Waals surface area contributed by atoms with Crippen molar-refractivity contribution in [3.05, 3.63) is 64.9 Å². The predicted octanol–water partition coefficient (Wildman–Crippen LogP) is 4.46. The zero-order valence-electron chi connectivity index (χ0n) is 16.2. The van der Waals surface area contributed by atoms with E-state index in [0.29, 0.717) is 16.6 Å². The molecule has 0 spiro atoms. The molecule has 0 radical (unpaired) electrons. The normalized spacial score (nSPS) is 21.2. The Morgan fingerprint density at radius 3 is 2.45 bits per heavy atom. The SMILES string of the molecule is O=C1C[C@H](N2CCC(CCc3ccc(F)cc3)CC2)C(=O)N1c1cccc(Cl)c1. The smallest absolute Gasteiger partial charge is 0.251 e. The third-order valence-corrected chi connectivity index (χ3v) is 6.27. The topological polar surface area (TPSA) is 40.6 Å². The van der Waals surface area contributed by atoms with Crippen molar-refractivity contribution in [2.24, 2.45) is 5.92 Å². The lowest BCUT2D eigenvalue weighted by molar-refractivity contribution is -0.123. The summed E-state index contributed by atoms with van der Waals surface area (Å²) in [6, 6.07) is 13.2. The van der Waals surface area contributed by atoms with E-state index < -0.39 is 0 Å². The van der Waals surface area contributed by atoms with Gasteiger partial charge in [-0.1, -0.05) is 29.8 Å². The van der Waals surface area contributed by atoms with Crippen molar-refractivity contribution in [1.82, 2.24) is 4.90 Å². The Morgan fingerprint density at radius 2 is 1.76 bits per heavy atom. The van der Waals surface area contributed by atoms with E-state index in [1.54, 1.807) is 24.3 Å². The lowest BCUT2D eigenvalue weighted by atomic mass is 9.90. The number of aryl methyl sites for hydroxylation is 1. The molecule has 0 aliphatic carbocycles. The molecule has 2 aromatic carbocycles. The number of hydrogen-bond donors (Lipinski definition) is 0. The fourth-order valence-electron chi connectivity index (χ4n) is 4.36. The number of anilines is 1. The van der Waals surface area contributed by atoms with E-state index >= 15 is 0 Å². The molecule has 1 atom stereocenters. The number of benzene rings is 2. The van der Waals surface area contributed by atoms with Crippen molar-refractivity contribution >= 4 is 29.1 Å². The maximum atomic E-state index is 13.0. The van der Waals surface area contributed by atoms with E-state index in [4.69, 9.17) is 11.6 Å². The Morgan fingerprint density at radius 1 is 1.03 bits per heavy atom. The summed E-state index contributed by atoms with van der Waals surface area (Å²) in [5, 5.41) is 0.508. The molecule has 2 aliphatic rings. The van der Waals surface area contributed by atoms with Gasteiger partial charge < -0.3 is 0 Å². The maximum Gasteiger partial charge on any atom is 0.251 e. The Labute approximate surface area is 175 Å². The van der Waals surface area contributed by atoms with E-state index in [9.17, 15) is 14.0 Å². The highest BCUT2D eigenvalue weighted by atomic mass is 35.5. The minimum atomic E-state index is -0.375. The van der Waals surface area contributed by atoms with E-state index in [1.807, 2.05) is 12.1 Å². The zero-order valence-corrected chi connectivity index (χ0v) is 16.9. The van der Waals surface area contributed by atoms with Crippen LogP contribution in [-0.4, -0.2) is 35.8 Å². The van der Waals surface area contributed by atoms with E-state index in [1.165, 1.54) is 17.0 Å². The Kier molecular flexibility index (Phi) is 5.97. The van der Waals surface area contributed by atoms with Gasteiger partial charge in [0.1, 0.15) is 5.82 Å². The number of nitrogens with zero attached hydrogens (tertiary/aromatic N) is 2. The monoisotopic (exact) mass is 414 g/mol. The molecule has 0 bridgehead atoms. The van der Waals surface area contributed by atoms with Gasteiger partial charge in [-0.2, -0.15) is 0 Å². The summed E-state index contributed by atoms with van der Waals surface area (Å²) in [4.78, 5) is 28.9. The molecule has 0 N–H and O–H groups in total. The third-order valence-electron chi connectivity index (χ3n) is 6.03. The minimum Gasteiger partial charge on any atom is -0.292 e. The molecule has 4 nitrogen and oxygen atoms in total. The maximum absolute atomic E-state index is 13.0. The van der Waals surface area contributed by atoms with Gasteiger partial charge in [-0.15, -0.1) is 0 Å². The molecular formula is C23H24ClFN2O2. The van der Waals surface area contributed by atoms with Crippen LogP contribution in [0.5, 0.6) is 0 Å². The van der Waals surface area contributed by atoms with Crippen LogP contribution in [-0.2, 0) is 16.0 Å². The standard InChI is InChI=1S/C23H24ClFN2O2/c24-18-2-1-3-20(14-18)27-22(28)15-21(23(27)29)26-12-10-17(11-13-26)5-4-16-6-8-19(25)9-7-16/h1-3,6-9,14,17,21H,4-5,10-13,15H2/t21-/m0/s1. The van der Waals surface area contributed by atoms with Gasteiger partial charge in [0.05, 0.1) is 18.2 Å². The number of carbonyl (C=O) groups excluding carboxylic acids is 2. The van der Waals surface area contributed by atoms with Gasteiger partial charge in [-0.05, 0) is 80.6 Å². The quantitative estimate of drug-likeness (QED) is 0.678. The van der Waals surface area contributed by atoms with Crippen LogP contribution in [0.4, 0.5) is 10.1 Å². The zero-order chi connectivity index (χ0) is 20.4. The highest BCUT2D eigenvalue weighted by molar-refractivity contribution is 6.31. The molecule has 0 saturated carbocycles. The van der Waals surface area contributed by atoms with Crippen molar-refractivity contribution in [3.8, 4) is 0 Å². The summed E-state index contributed by atoms with van der Waals surface area (Å²) in [5.41, 5.74) is 1.70. The molecule has 2 heterocycles. The van der Waals surface area contributed by atoms with Gasteiger partial charge in [-0.3, -0.25) is 14.5 Å². The average Bonchev–Trinajstić information content (AvgIpc) is 3.02. The number of halogens is 2. The molecule has 0 unspecified atom stereocenters. The van der Waals surface area contributed by atoms with Gasteiger partial charge in [-0.25, -0.2) is 9.29 Å². The molecule has 2 saturated heterocycles. The fourth-order valence-corrected chi connectivity index (χ4v) is 4.55. The van der Waals surface area contributed by atoms with E-state index in [-0.39, 0.29) is 30.1 Å². The predicted molar refractivity (Wildman–Crippen MR) is 111 cm³/mol. The highest BCUT2D eigenvalue weighted by Crippen LogP contribution is 2.30. The van der Waals surface area contributed by atoms with E-state index in [2.05, 4.69) is 4.90 Å². The minimum absolute atomic E-state index is 0.151. The molecule has 2 aliphatic heterocycles. The van der Waals surface area contributed by atoms with Crippen molar-refractivity contribution in [1.29, 1.82) is 0 Å². The van der Waals surface area contributed by atoms with Crippen LogP contribution in [0.15, 0.2) is 48.5 Å². The number of imide groups is 1. The second kappa shape index (κ2) is 8.64. The van der Waals surface area contributed by atoms with Gasteiger partial charge >= 0.3 is 0 Å². The van der Waals surface area contributed by atoms with Crippen LogP contribution in [0.2, 0.25) is 5.02 Å². The molecule has 2 amide bonds. The first-order valence-corrected chi connectivity index (χ1v) is 10.5. The lowest BCUT2D eigenvalue weighted by Gasteiger charge is -2.34. The number of hydrogen-bond acceptors (Lipinski definition) is 3. The molecule has 6 heteroatoms. The number of rotatable bonds is 5. The molecular weight excluding hydrogens is 391 g/mol. The lowest BCUT2D eigenvalue weighted by Crippen LogP contribution is -2.46. The van der Waals surface area contributed by atoms with Crippen molar-refractivity contribution in [2.75, 3.05) is 18.0 Å². The summed E-state index contributed by atoms with van der Waals surface area (Å²) in [6.45, 7) is 1.64. The van der Waals surface area contributed by atoms with Gasteiger partial charge in [0.25, 0.3) is 5.91 Å². The summed E-state index contributed by atoms with van der Waals surface area (Å²) in [7, 11) is 0. The number of likely N-dealkylation sites (tertiary alicyclic amines) is 1.